The van der Waals surface area contributed by atoms with E-state index in [4.69, 9.17) is 0 Å². The van der Waals surface area contributed by atoms with Gasteiger partial charge in [-0.15, -0.1) is 0 Å². The number of pyridine rings is 1. The lowest BCUT2D eigenvalue weighted by Crippen LogP contribution is -2.24. The monoisotopic (exact) mass is 343 g/mol. The van der Waals surface area contributed by atoms with Crippen LogP contribution in [0.15, 0.2) is 18.3 Å². The molecule has 6 heteroatoms. The third-order valence-electron chi connectivity index (χ3n) is 4.66. The molecule has 1 N–H and O–H groups in total. The van der Waals surface area contributed by atoms with E-state index < -0.39 is 0 Å². The number of nitrogens with zero attached hydrogens (tertiary/aromatic N) is 4. The molecule has 6 nitrogen and oxygen atoms in total. The number of hydrogen-bond donors (Lipinski definition) is 1. The van der Waals surface area contributed by atoms with Crippen molar-refractivity contribution in [1.29, 1.82) is 0 Å². The van der Waals surface area contributed by atoms with Crippen LogP contribution in [0, 0.1) is 13.8 Å². The van der Waals surface area contributed by atoms with Crippen LogP contribution < -0.4 is 10.2 Å². The molecule has 25 heavy (non-hydrogen) atoms. The van der Waals surface area contributed by atoms with Crippen molar-refractivity contribution >= 4 is 11.7 Å². The molecule has 0 aliphatic carbocycles. The third kappa shape index (κ3) is 4.81. The molecule has 1 amide bonds. The molecule has 136 valence electrons. The van der Waals surface area contributed by atoms with Gasteiger partial charge in [-0.25, -0.2) is 4.98 Å². The molecule has 0 atom stereocenters. The zero-order valence-corrected chi connectivity index (χ0v) is 16.0. The molecule has 0 saturated carbocycles. The van der Waals surface area contributed by atoms with Gasteiger partial charge in [0.2, 0.25) is 5.91 Å². The third-order valence-corrected chi connectivity index (χ3v) is 4.66. The molecular weight excluding hydrogens is 314 g/mol. The fourth-order valence-corrected chi connectivity index (χ4v) is 2.94. The van der Waals surface area contributed by atoms with Crippen molar-refractivity contribution in [2.24, 2.45) is 7.05 Å². The van der Waals surface area contributed by atoms with E-state index >= 15 is 0 Å². The summed E-state index contributed by atoms with van der Waals surface area (Å²) < 4.78 is 1.85. The zero-order chi connectivity index (χ0) is 18.4. The molecule has 0 aliphatic heterocycles. The Balaban J connectivity index is 1.89. The van der Waals surface area contributed by atoms with Gasteiger partial charge < -0.3 is 10.2 Å². The number of nitrogens with one attached hydrogen (secondary N) is 1. The molecule has 0 aromatic carbocycles. The normalized spacial score (nSPS) is 10.8. The lowest BCUT2D eigenvalue weighted by Gasteiger charge is -2.20. The molecule has 0 fully saturated rings. The molecular formula is C19H29N5O. The minimum absolute atomic E-state index is 0.0591. The first-order chi connectivity index (χ1) is 12.0. The van der Waals surface area contributed by atoms with Crippen molar-refractivity contribution in [3.8, 4) is 0 Å². The molecule has 2 heterocycles. The molecule has 0 unspecified atom stereocenters. The van der Waals surface area contributed by atoms with Crippen LogP contribution in [0.25, 0.3) is 0 Å². The number of anilines is 1. The van der Waals surface area contributed by atoms with Crippen molar-refractivity contribution in [2.75, 3.05) is 18.0 Å². The van der Waals surface area contributed by atoms with Gasteiger partial charge in [0.15, 0.2) is 0 Å². The van der Waals surface area contributed by atoms with Crippen LogP contribution in [0.2, 0.25) is 0 Å². The molecule has 0 saturated heterocycles. The smallest absolute Gasteiger partial charge is 0.220 e. The Kier molecular flexibility index (Phi) is 6.56. The van der Waals surface area contributed by atoms with Crippen molar-refractivity contribution in [2.45, 2.75) is 47.1 Å². The van der Waals surface area contributed by atoms with E-state index in [1.54, 1.807) is 0 Å². The Morgan fingerprint density at radius 2 is 2.00 bits per heavy atom. The molecule has 0 bridgehead atoms. The van der Waals surface area contributed by atoms with Crippen molar-refractivity contribution in [3.63, 3.8) is 0 Å². The van der Waals surface area contributed by atoms with Gasteiger partial charge in [0.1, 0.15) is 5.82 Å². The Morgan fingerprint density at radius 1 is 1.28 bits per heavy atom. The van der Waals surface area contributed by atoms with Gasteiger partial charge in [-0.3, -0.25) is 9.48 Å². The van der Waals surface area contributed by atoms with Crippen molar-refractivity contribution in [3.05, 3.63) is 40.8 Å². The highest BCUT2D eigenvalue weighted by molar-refractivity contribution is 5.76. The first-order valence-electron chi connectivity index (χ1n) is 8.91. The lowest BCUT2D eigenvalue weighted by atomic mass is 10.1. The minimum atomic E-state index is 0.0591. The van der Waals surface area contributed by atoms with Crippen LogP contribution in [0.3, 0.4) is 0 Å². The van der Waals surface area contributed by atoms with E-state index in [0.717, 1.165) is 41.4 Å². The molecule has 2 rings (SSSR count). The van der Waals surface area contributed by atoms with Crippen LogP contribution in [0.4, 0.5) is 5.82 Å². The Hall–Kier alpha value is -2.37. The number of carbonyl (C=O) groups is 1. The van der Waals surface area contributed by atoms with Crippen LogP contribution >= 0.6 is 0 Å². The van der Waals surface area contributed by atoms with E-state index in [9.17, 15) is 4.79 Å². The number of carbonyl (C=O) groups excluding carboxylic acids is 1. The van der Waals surface area contributed by atoms with Crippen LogP contribution in [0.5, 0.6) is 0 Å². The van der Waals surface area contributed by atoms with E-state index in [2.05, 4.69) is 40.2 Å². The highest BCUT2D eigenvalue weighted by atomic mass is 16.1. The maximum absolute atomic E-state index is 12.2. The maximum Gasteiger partial charge on any atom is 0.220 e. The summed E-state index contributed by atoms with van der Waals surface area (Å²) in [7, 11) is 1.92. The fraction of sp³-hybridized carbons (Fsp3) is 0.526. The van der Waals surface area contributed by atoms with Crippen LogP contribution in [0.1, 0.15) is 42.8 Å². The van der Waals surface area contributed by atoms with Gasteiger partial charge >= 0.3 is 0 Å². The maximum atomic E-state index is 12.2. The molecule has 0 spiro atoms. The summed E-state index contributed by atoms with van der Waals surface area (Å²) in [5.74, 6) is 1.04. The predicted octanol–water partition coefficient (Wildman–Crippen LogP) is 2.53. The van der Waals surface area contributed by atoms with Crippen LogP contribution in [-0.4, -0.2) is 33.8 Å². The Morgan fingerprint density at radius 3 is 2.60 bits per heavy atom. The number of aromatic nitrogens is 3. The second kappa shape index (κ2) is 8.65. The van der Waals surface area contributed by atoms with E-state index in [1.807, 2.05) is 37.8 Å². The fourth-order valence-electron chi connectivity index (χ4n) is 2.94. The highest BCUT2D eigenvalue weighted by Gasteiger charge is 2.11. The first-order valence-corrected chi connectivity index (χ1v) is 8.91. The molecule has 0 radical (unpaired) electrons. The van der Waals surface area contributed by atoms with Gasteiger partial charge in [-0.2, -0.15) is 5.10 Å². The molecule has 0 aliphatic rings. The summed E-state index contributed by atoms with van der Waals surface area (Å²) in [6, 6.07) is 4.06. The zero-order valence-electron chi connectivity index (χ0n) is 16.0. The number of hydrogen-bond acceptors (Lipinski definition) is 4. The predicted molar refractivity (Wildman–Crippen MR) is 101 cm³/mol. The average Bonchev–Trinajstić information content (AvgIpc) is 2.85. The summed E-state index contributed by atoms with van der Waals surface area (Å²) in [5.41, 5.74) is 4.30. The molecule has 2 aromatic heterocycles. The minimum Gasteiger partial charge on any atom is -0.357 e. The number of rotatable bonds is 8. The summed E-state index contributed by atoms with van der Waals surface area (Å²) in [5, 5.41) is 7.38. The van der Waals surface area contributed by atoms with Gasteiger partial charge in [-0.05, 0) is 51.8 Å². The average molecular weight is 343 g/mol. The molecule has 2 aromatic rings. The second-order valence-electron chi connectivity index (χ2n) is 6.24. The largest absolute Gasteiger partial charge is 0.357 e. The van der Waals surface area contributed by atoms with E-state index in [1.165, 1.54) is 0 Å². The van der Waals surface area contributed by atoms with E-state index in [-0.39, 0.29) is 5.91 Å². The lowest BCUT2D eigenvalue weighted by molar-refractivity contribution is -0.121. The van der Waals surface area contributed by atoms with Gasteiger partial charge in [-0.1, -0.05) is 0 Å². The highest BCUT2D eigenvalue weighted by Crippen LogP contribution is 2.14. The Labute approximate surface area is 150 Å². The summed E-state index contributed by atoms with van der Waals surface area (Å²) in [4.78, 5) is 18.8. The van der Waals surface area contributed by atoms with Crippen molar-refractivity contribution < 1.29 is 4.79 Å². The quantitative estimate of drug-likeness (QED) is 0.800. The van der Waals surface area contributed by atoms with Gasteiger partial charge in [0, 0.05) is 50.6 Å². The van der Waals surface area contributed by atoms with Gasteiger partial charge in [0.05, 0.1) is 5.69 Å². The Bertz CT molecular complexity index is 719. The summed E-state index contributed by atoms with van der Waals surface area (Å²) in [6.07, 6.45) is 3.01. The van der Waals surface area contributed by atoms with Crippen molar-refractivity contribution in [1.82, 2.24) is 20.1 Å². The topological polar surface area (TPSA) is 63.1 Å². The van der Waals surface area contributed by atoms with Gasteiger partial charge in [0.25, 0.3) is 0 Å². The van der Waals surface area contributed by atoms with Crippen LogP contribution in [-0.2, 0) is 24.8 Å². The number of aryl methyl sites for hydroxylation is 3. The number of amides is 1. The standard InChI is InChI=1S/C19H29N5O/c1-6-24(7-2)18-12-16(10-11-20-18)8-9-19(25)21-13-17-14(3)22-23(5)15(17)4/h10-12H,6-9,13H2,1-5H3,(H,21,25). The SMILES string of the molecule is CCN(CC)c1cc(CCC(=O)NCc2c(C)nn(C)c2C)ccn1. The second-order valence-corrected chi connectivity index (χ2v) is 6.24. The first kappa shape index (κ1) is 19.0. The summed E-state index contributed by atoms with van der Waals surface area (Å²) >= 11 is 0. The summed E-state index contributed by atoms with van der Waals surface area (Å²) in [6.45, 7) is 10.6. The van der Waals surface area contributed by atoms with E-state index in [0.29, 0.717) is 19.4 Å².